The Morgan fingerprint density at radius 2 is 1.88 bits per heavy atom. The minimum atomic E-state index is -0.200. The van der Waals surface area contributed by atoms with E-state index in [4.69, 9.17) is 0 Å². The van der Waals surface area contributed by atoms with Gasteiger partial charge in [-0.05, 0) is 38.1 Å². The number of amides is 2. The van der Waals surface area contributed by atoms with Crippen molar-refractivity contribution in [3.63, 3.8) is 0 Å². The Morgan fingerprint density at radius 3 is 2.56 bits per heavy atom. The third-order valence-corrected chi connectivity index (χ3v) is 5.35. The van der Waals surface area contributed by atoms with Crippen LogP contribution in [0, 0.1) is 5.92 Å². The predicted octanol–water partition coefficient (Wildman–Crippen LogP) is 2.16. The molecule has 25 heavy (non-hydrogen) atoms. The number of nitrogens with zero attached hydrogens (tertiary/aromatic N) is 2. The first kappa shape index (κ1) is 17.9. The minimum Gasteiger partial charge on any atom is -0.352 e. The predicted molar refractivity (Wildman–Crippen MR) is 97.8 cm³/mol. The van der Waals surface area contributed by atoms with Crippen molar-refractivity contribution in [1.82, 2.24) is 15.1 Å². The van der Waals surface area contributed by atoms with Crippen molar-refractivity contribution >= 4 is 11.8 Å². The Labute approximate surface area is 150 Å². The molecule has 1 aromatic rings. The first-order chi connectivity index (χ1) is 12.0. The van der Waals surface area contributed by atoms with E-state index in [1.165, 1.54) is 18.4 Å². The largest absolute Gasteiger partial charge is 0.352 e. The van der Waals surface area contributed by atoms with Gasteiger partial charge in [0, 0.05) is 32.1 Å². The molecule has 1 N–H and O–H groups in total. The van der Waals surface area contributed by atoms with Gasteiger partial charge in [-0.2, -0.15) is 0 Å². The van der Waals surface area contributed by atoms with Crippen LogP contribution in [0.2, 0.25) is 0 Å². The highest BCUT2D eigenvalue weighted by Crippen LogP contribution is 2.29. The molecular formula is C20H29N3O2. The van der Waals surface area contributed by atoms with Gasteiger partial charge in [-0.25, -0.2) is 0 Å². The fraction of sp³-hybridized carbons (Fsp3) is 0.600. The van der Waals surface area contributed by atoms with E-state index in [0.717, 1.165) is 24.9 Å². The average Bonchev–Trinajstić information content (AvgIpc) is 3.22. The van der Waals surface area contributed by atoms with Crippen LogP contribution in [0.3, 0.4) is 0 Å². The summed E-state index contributed by atoms with van der Waals surface area (Å²) < 4.78 is 0. The molecule has 2 fully saturated rings. The van der Waals surface area contributed by atoms with Crippen molar-refractivity contribution in [2.75, 3.05) is 20.6 Å². The maximum Gasteiger partial charge on any atom is 0.225 e. The molecule has 2 aliphatic rings. The van der Waals surface area contributed by atoms with Crippen LogP contribution in [0.4, 0.5) is 0 Å². The third kappa shape index (κ3) is 4.40. The highest BCUT2D eigenvalue weighted by molar-refractivity contribution is 5.89. The first-order valence-corrected chi connectivity index (χ1v) is 9.33. The van der Waals surface area contributed by atoms with Gasteiger partial charge in [-0.1, -0.05) is 37.1 Å². The Kier molecular flexibility index (Phi) is 5.74. The second-order valence-electron chi connectivity index (χ2n) is 7.61. The van der Waals surface area contributed by atoms with Crippen molar-refractivity contribution in [1.29, 1.82) is 0 Å². The summed E-state index contributed by atoms with van der Waals surface area (Å²) in [5.74, 6) is -0.0392. The van der Waals surface area contributed by atoms with E-state index < -0.39 is 0 Å². The van der Waals surface area contributed by atoms with Crippen LogP contribution in [0.5, 0.6) is 0 Å². The maximum atomic E-state index is 12.6. The number of hydrogen-bond acceptors (Lipinski definition) is 3. The van der Waals surface area contributed by atoms with Crippen LogP contribution in [0.25, 0.3) is 0 Å². The summed E-state index contributed by atoms with van der Waals surface area (Å²) in [4.78, 5) is 28.9. The van der Waals surface area contributed by atoms with Crippen LogP contribution in [-0.4, -0.2) is 48.3 Å². The number of nitrogens with one attached hydrogen (secondary N) is 1. The number of hydrogen-bond donors (Lipinski definition) is 1. The Bertz CT molecular complexity index is 623. The standard InChI is InChI=1S/C20H29N3O2/c1-22(2)13-16-8-4-3-7-15(16)12-21-20(25)17-11-19(24)23(14-17)18-9-5-6-10-18/h3-4,7-8,17-18H,5-6,9-14H2,1-2H3,(H,21,25)/t17-/m1/s1. The van der Waals surface area contributed by atoms with Gasteiger partial charge in [0.05, 0.1) is 5.92 Å². The molecular weight excluding hydrogens is 314 g/mol. The van der Waals surface area contributed by atoms with Crippen LogP contribution >= 0.6 is 0 Å². The van der Waals surface area contributed by atoms with E-state index in [0.29, 0.717) is 25.6 Å². The molecule has 3 rings (SSSR count). The first-order valence-electron chi connectivity index (χ1n) is 9.33. The summed E-state index contributed by atoms with van der Waals surface area (Å²) in [6.45, 7) is 1.97. The lowest BCUT2D eigenvalue weighted by molar-refractivity contribution is -0.130. The van der Waals surface area contributed by atoms with Crippen molar-refractivity contribution in [2.45, 2.75) is 51.2 Å². The summed E-state index contributed by atoms with van der Waals surface area (Å²) in [5.41, 5.74) is 2.37. The van der Waals surface area contributed by atoms with Crippen LogP contribution in [-0.2, 0) is 22.7 Å². The quantitative estimate of drug-likeness (QED) is 0.861. The second-order valence-corrected chi connectivity index (χ2v) is 7.61. The average molecular weight is 343 g/mol. The van der Waals surface area contributed by atoms with Gasteiger partial charge in [-0.15, -0.1) is 0 Å². The summed E-state index contributed by atoms with van der Waals surface area (Å²) in [7, 11) is 4.08. The molecule has 1 saturated carbocycles. The third-order valence-electron chi connectivity index (χ3n) is 5.35. The zero-order valence-corrected chi connectivity index (χ0v) is 15.3. The zero-order valence-electron chi connectivity index (χ0n) is 15.3. The maximum absolute atomic E-state index is 12.6. The van der Waals surface area contributed by atoms with E-state index in [-0.39, 0.29) is 17.7 Å². The fourth-order valence-electron chi connectivity index (χ4n) is 4.03. The second kappa shape index (κ2) is 8.00. The molecule has 2 amide bonds. The Morgan fingerprint density at radius 1 is 1.20 bits per heavy atom. The van der Waals surface area contributed by atoms with E-state index in [9.17, 15) is 9.59 Å². The van der Waals surface area contributed by atoms with Gasteiger partial charge < -0.3 is 15.1 Å². The minimum absolute atomic E-state index is 0.00787. The Hall–Kier alpha value is -1.88. The highest BCUT2D eigenvalue weighted by Gasteiger charge is 2.38. The molecule has 1 aromatic carbocycles. The molecule has 1 atom stereocenters. The molecule has 1 saturated heterocycles. The number of rotatable bonds is 6. The highest BCUT2D eigenvalue weighted by atomic mass is 16.2. The molecule has 5 nitrogen and oxygen atoms in total. The summed E-state index contributed by atoms with van der Waals surface area (Å²) in [6, 6.07) is 8.55. The van der Waals surface area contributed by atoms with Gasteiger partial charge in [0.1, 0.15) is 0 Å². The van der Waals surface area contributed by atoms with Crippen molar-refractivity contribution in [3.8, 4) is 0 Å². The SMILES string of the molecule is CN(C)Cc1ccccc1CNC(=O)[C@@H]1CC(=O)N(C2CCCC2)C1. The van der Waals surface area contributed by atoms with E-state index in [2.05, 4.69) is 22.3 Å². The monoisotopic (exact) mass is 343 g/mol. The zero-order chi connectivity index (χ0) is 17.8. The van der Waals surface area contributed by atoms with Gasteiger partial charge in [-0.3, -0.25) is 9.59 Å². The van der Waals surface area contributed by atoms with Crippen LogP contribution < -0.4 is 5.32 Å². The molecule has 0 bridgehead atoms. The molecule has 1 aliphatic carbocycles. The molecule has 0 radical (unpaired) electrons. The summed E-state index contributed by atoms with van der Waals surface area (Å²) in [6.07, 6.45) is 4.96. The molecule has 136 valence electrons. The van der Waals surface area contributed by atoms with E-state index in [1.807, 2.05) is 31.1 Å². The van der Waals surface area contributed by atoms with Crippen molar-refractivity contribution in [3.05, 3.63) is 35.4 Å². The van der Waals surface area contributed by atoms with Gasteiger partial charge in [0.15, 0.2) is 0 Å². The van der Waals surface area contributed by atoms with Crippen LogP contribution in [0.1, 0.15) is 43.2 Å². The molecule has 0 unspecified atom stereocenters. The molecule has 5 heteroatoms. The molecule has 1 heterocycles. The fourth-order valence-corrected chi connectivity index (χ4v) is 4.03. The number of carbonyl (C=O) groups excluding carboxylic acids is 2. The normalized spacial score (nSPS) is 21.3. The topological polar surface area (TPSA) is 52.7 Å². The smallest absolute Gasteiger partial charge is 0.225 e. The molecule has 1 aliphatic heterocycles. The van der Waals surface area contributed by atoms with Gasteiger partial charge in [0.2, 0.25) is 11.8 Å². The lowest BCUT2D eigenvalue weighted by atomic mass is 10.1. The van der Waals surface area contributed by atoms with Crippen LogP contribution in [0.15, 0.2) is 24.3 Å². The number of benzene rings is 1. The molecule has 0 aromatic heterocycles. The van der Waals surface area contributed by atoms with Gasteiger partial charge in [0.25, 0.3) is 0 Å². The number of carbonyl (C=O) groups is 2. The summed E-state index contributed by atoms with van der Waals surface area (Å²) >= 11 is 0. The van der Waals surface area contributed by atoms with E-state index >= 15 is 0 Å². The molecule has 0 spiro atoms. The van der Waals surface area contributed by atoms with Crippen molar-refractivity contribution in [2.24, 2.45) is 5.92 Å². The lowest BCUT2D eigenvalue weighted by Gasteiger charge is -2.24. The van der Waals surface area contributed by atoms with E-state index in [1.54, 1.807) is 0 Å². The number of likely N-dealkylation sites (tertiary alicyclic amines) is 1. The lowest BCUT2D eigenvalue weighted by Crippen LogP contribution is -2.36. The summed E-state index contributed by atoms with van der Waals surface area (Å²) in [5, 5.41) is 3.05. The van der Waals surface area contributed by atoms with Gasteiger partial charge >= 0.3 is 0 Å². The Balaban J connectivity index is 1.56. The van der Waals surface area contributed by atoms with Crippen molar-refractivity contribution < 1.29 is 9.59 Å².